The molecular weight excluding hydrogens is 426 g/mol. The lowest BCUT2D eigenvalue weighted by Gasteiger charge is -2.49. The highest BCUT2D eigenvalue weighted by atomic mass is 16.7. The van der Waals surface area contributed by atoms with E-state index >= 15 is 0 Å². The van der Waals surface area contributed by atoms with Gasteiger partial charge in [0.25, 0.3) is 5.69 Å². The molecule has 4 unspecified atom stereocenters. The van der Waals surface area contributed by atoms with Crippen LogP contribution >= 0.6 is 0 Å². The number of hydrogen-bond acceptors (Lipinski definition) is 9. The van der Waals surface area contributed by atoms with E-state index in [0.717, 1.165) is 0 Å². The fourth-order valence-corrected chi connectivity index (χ4v) is 4.96. The van der Waals surface area contributed by atoms with Crippen LogP contribution in [0.2, 0.25) is 0 Å². The van der Waals surface area contributed by atoms with Gasteiger partial charge in [0.15, 0.2) is 5.41 Å². The maximum atomic E-state index is 11.3. The topological polar surface area (TPSA) is 166 Å². The Morgan fingerprint density at radius 2 is 1.82 bits per heavy atom. The molecule has 0 aromatic heterocycles. The van der Waals surface area contributed by atoms with Crippen molar-refractivity contribution in [3.05, 3.63) is 69.8 Å². The van der Waals surface area contributed by atoms with Crippen LogP contribution in [0.4, 0.5) is 5.69 Å². The Balaban J connectivity index is 2.05. The van der Waals surface area contributed by atoms with Gasteiger partial charge in [-0.3, -0.25) is 15.5 Å². The minimum absolute atomic E-state index is 0.148. The Morgan fingerprint density at radius 3 is 2.42 bits per heavy atom. The lowest BCUT2D eigenvalue weighted by molar-refractivity contribution is -0.385. The van der Waals surface area contributed by atoms with Gasteiger partial charge >= 0.3 is 0 Å². The number of benzene rings is 2. The highest BCUT2D eigenvalue weighted by Gasteiger charge is 2.80. The minimum atomic E-state index is -2.27. The van der Waals surface area contributed by atoms with Crippen molar-refractivity contribution < 1.29 is 19.1 Å². The molecule has 2 heterocycles. The average Bonchev–Trinajstić information content (AvgIpc) is 3.01. The zero-order chi connectivity index (χ0) is 24.0. The van der Waals surface area contributed by atoms with Crippen molar-refractivity contribution in [3.8, 4) is 24.0 Å². The molecule has 2 fully saturated rings. The number of nitrogens with one attached hydrogen (secondary N) is 1. The van der Waals surface area contributed by atoms with Crippen LogP contribution in [-0.2, 0) is 9.47 Å². The lowest BCUT2D eigenvalue weighted by atomic mass is 9.52. The number of rotatable bonds is 4. The standard InChI is InChI=1S/C23H17N5O5/c1-21-18(16-8-3-4-9-17(16)31-2)23(13-26,20(27)33-21)22(11-24,12-25)19(32-21)14-6-5-7-15(10-14)28(29)30/h3-10,18-19,27H,1-2H3. The number of ether oxygens (including phenoxy) is 3. The first-order chi connectivity index (χ1) is 15.7. The highest BCUT2D eigenvalue weighted by molar-refractivity contribution is 5.90. The molecule has 0 radical (unpaired) electrons. The van der Waals surface area contributed by atoms with E-state index in [0.29, 0.717) is 11.3 Å². The third-order valence-electron chi connectivity index (χ3n) is 6.35. The summed E-state index contributed by atoms with van der Waals surface area (Å²) in [4.78, 5) is 10.7. The van der Waals surface area contributed by atoms with Crippen LogP contribution in [0.25, 0.3) is 0 Å². The molecule has 4 atom stereocenters. The van der Waals surface area contributed by atoms with Crippen molar-refractivity contribution in [2.45, 2.75) is 24.7 Å². The van der Waals surface area contributed by atoms with Gasteiger partial charge in [0.2, 0.25) is 17.1 Å². The summed E-state index contributed by atoms with van der Waals surface area (Å²) in [5.74, 6) is -2.94. The van der Waals surface area contributed by atoms with Crippen molar-refractivity contribution in [1.29, 1.82) is 21.2 Å². The van der Waals surface area contributed by atoms with Crippen molar-refractivity contribution >= 4 is 11.6 Å². The summed E-state index contributed by atoms with van der Waals surface area (Å²) in [6, 6.07) is 18.0. The molecule has 10 nitrogen and oxygen atoms in total. The zero-order valence-electron chi connectivity index (χ0n) is 17.6. The Labute approximate surface area is 188 Å². The van der Waals surface area contributed by atoms with Gasteiger partial charge in [-0.05, 0) is 11.6 Å². The van der Waals surface area contributed by atoms with Gasteiger partial charge < -0.3 is 14.2 Å². The zero-order valence-corrected chi connectivity index (χ0v) is 17.6. The second-order valence-electron chi connectivity index (χ2n) is 7.92. The molecule has 164 valence electrons. The quantitative estimate of drug-likeness (QED) is 0.551. The number of hydrogen-bond donors (Lipinski definition) is 1. The molecule has 2 aromatic carbocycles. The van der Waals surface area contributed by atoms with E-state index in [1.807, 2.05) is 18.2 Å². The Hall–Kier alpha value is -4.46. The fourth-order valence-electron chi connectivity index (χ4n) is 4.96. The lowest BCUT2D eigenvalue weighted by Crippen LogP contribution is -2.57. The molecule has 2 aliphatic heterocycles. The number of nitrogens with zero attached hydrogens (tertiary/aromatic N) is 4. The van der Waals surface area contributed by atoms with Crippen molar-refractivity contribution in [2.24, 2.45) is 10.8 Å². The molecule has 0 amide bonds. The highest BCUT2D eigenvalue weighted by Crippen LogP contribution is 2.70. The molecule has 4 rings (SSSR count). The molecule has 2 saturated heterocycles. The van der Waals surface area contributed by atoms with Crippen LogP contribution < -0.4 is 4.74 Å². The smallest absolute Gasteiger partial charge is 0.269 e. The molecule has 10 heteroatoms. The molecular formula is C23H17N5O5. The minimum Gasteiger partial charge on any atom is -0.496 e. The molecule has 2 aromatic rings. The Morgan fingerprint density at radius 1 is 1.12 bits per heavy atom. The van der Waals surface area contributed by atoms with E-state index in [1.54, 1.807) is 24.3 Å². The summed E-state index contributed by atoms with van der Waals surface area (Å²) in [7, 11) is 1.44. The first kappa shape index (κ1) is 21.8. The van der Waals surface area contributed by atoms with Crippen molar-refractivity contribution in [3.63, 3.8) is 0 Å². The van der Waals surface area contributed by atoms with Gasteiger partial charge in [0.05, 0.1) is 36.2 Å². The van der Waals surface area contributed by atoms with E-state index in [1.165, 1.54) is 38.3 Å². The SMILES string of the molecule is COc1ccccc1C1C2(C)OC(=N)C1(C#N)C(C#N)(C#N)C(c1cccc([N+](=O)[O-])c1)O2. The van der Waals surface area contributed by atoms with Crippen LogP contribution in [0.3, 0.4) is 0 Å². The van der Waals surface area contributed by atoms with E-state index in [9.17, 15) is 25.9 Å². The second-order valence-corrected chi connectivity index (χ2v) is 7.92. The van der Waals surface area contributed by atoms with Crippen molar-refractivity contribution in [2.75, 3.05) is 7.11 Å². The van der Waals surface area contributed by atoms with Gasteiger partial charge in [-0.15, -0.1) is 0 Å². The van der Waals surface area contributed by atoms with Crippen LogP contribution in [-0.4, -0.2) is 23.7 Å². The fraction of sp³-hybridized carbons (Fsp3) is 0.304. The summed E-state index contributed by atoms with van der Waals surface area (Å²) in [6.45, 7) is 1.51. The number of nitriles is 3. The third-order valence-corrected chi connectivity index (χ3v) is 6.35. The number of para-hydroxylation sites is 1. The summed E-state index contributed by atoms with van der Waals surface area (Å²) in [6.07, 6.45) is -1.41. The maximum absolute atomic E-state index is 11.3. The van der Waals surface area contributed by atoms with Gasteiger partial charge in [-0.1, -0.05) is 30.3 Å². The van der Waals surface area contributed by atoms with Crippen LogP contribution in [0.5, 0.6) is 5.75 Å². The van der Waals surface area contributed by atoms with Crippen molar-refractivity contribution in [1.82, 2.24) is 0 Å². The predicted molar refractivity (Wildman–Crippen MR) is 112 cm³/mol. The van der Waals surface area contributed by atoms with Crippen LogP contribution in [0.15, 0.2) is 48.5 Å². The van der Waals surface area contributed by atoms with Gasteiger partial charge in [-0.25, -0.2) is 0 Å². The third kappa shape index (κ3) is 2.64. The monoisotopic (exact) mass is 443 g/mol. The molecule has 0 aliphatic carbocycles. The number of nitro benzene ring substituents is 1. The largest absolute Gasteiger partial charge is 0.496 e. The summed E-state index contributed by atoms with van der Waals surface area (Å²) >= 11 is 0. The van der Waals surface area contributed by atoms with Gasteiger partial charge in [0.1, 0.15) is 11.9 Å². The first-order valence-electron chi connectivity index (χ1n) is 9.81. The molecule has 0 spiro atoms. The van der Waals surface area contributed by atoms with E-state index in [4.69, 9.17) is 19.6 Å². The Bertz CT molecular complexity index is 1290. The number of methoxy groups -OCH3 is 1. The molecule has 33 heavy (non-hydrogen) atoms. The number of non-ortho nitro benzene ring substituents is 1. The molecule has 1 N–H and O–H groups in total. The van der Waals surface area contributed by atoms with E-state index in [2.05, 4.69) is 0 Å². The molecule has 2 aliphatic rings. The summed E-state index contributed by atoms with van der Waals surface area (Å²) in [5.41, 5.74) is -4.05. The van der Waals surface area contributed by atoms with E-state index in [-0.39, 0.29) is 11.3 Å². The first-order valence-corrected chi connectivity index (χ1v) is 9.81. The molecule has 0 saturated carbocycles. The van der Waals surface area contributed by atoms with Crippen LogP contribution in [0.1, 0.15) is 30.1 Å². The molecule has 2 bridgehead atoms. The Kier molecular flexibility index (Phi) is 4.82. The van der Waals surface area contributed by atoms with E-state index < -0.39 is 39.5 Å². The van der Waals surface area contributed by atoms with Crippen LogP contribution in [0, 0.1) is 60.3 Å². The number of nitro groups is 1. The van der Waals surface area contributed by atoms with Gasteiger partial charge in [-0.2, -0.15) is 15.8 Å². The van der Waals surface area contributed by atoms with Gasteiger partial charge in [0, 0.05) is 24.6 Å². The number of fused-ring (bicyclic) bond motifs is 2. The predicted octanol–water partition coefficient (Wildman–Crippen LogP) is 3.73. The summed E-state index contributed by atoms with van der Waals surface area (Å²) in [5, 5.41) is 51.1. The maximum Gasteiger partial charge on any atom is 0.269 e. The average molecular weight is 443 g/mol. The summed E-state index contributed by atoms with van der Waals surface area (Å²) < 4.78 is 17.4. The normalized spacial score (nSPS) is 29.1. The second kappa shape index (κ2) is 7.30.